The van der Waals surface area contributed by atoms with E-state index in [0.717, 1.165) is 26.1 Å². The van der Waals surface area contributed by atoms with Crippen molar-refractivity contribution in [1.29, 1.82) is 0 Å². The SMILES string of the molecule is CC(C)CCN1CCN(c2cc(O)c(N3CC(=O)NS3(=O)=O)c(F)c2)CC1. The number of piperazine rings is 1. The third-order valence-electron chi connectivity index (χ3n) is 4.86. The number of hydrogen-bond acceptors (Lipinski definition) is 6. The Morgan fingerprint density at radius 1 is 1.22 bits per heavy atom. The van der Waals surface area contributed by atoms with Crippen LogP contribution >= 0.6 is 0 Å². The highest BCUT2D eigenvalue weighted by Gasteiger charge is 2.37. The van der Waals surface area contributed by atoms with Crippen LogP contribution in [0, 0.1) is 11.7 Å². The molecule has 1 amide bonds. The van der Waals surface area contributed by atoms with E-state index in [1.165, 1.54) is 12.1 Å². The van der Waals surface area contributed by atoms with Gasteiger partial charge in [0.05, 0.1) is 0 Å². The lowest BCUT2D eigenvalue weighted by Crippen LogP contribution is -2.46. The standard InChI is InChI=1S/C17H25FN4O4S/c1-12(2)3-4-20-5-7-21(8-6-20)13-9-14(18)17(15(23)10-13)22-11-16(24)19-27(22,25)26/h9-10,12,23H,3-8,11H2,1-2H3,(H,19,24). The van der Waals surface area contributed by atoms with Crippen molar-refractivity contribution in [3.63, 3.8) is 0 Å². The molecule has 2 saturated heterocycles. The second kappa shape index (κ2) is 7.51. The lowest BCUT2D eigenvalue weighted by molar-refractivity contribution is -0.117. The van der Waals surface area contributed by atoms with Crippen LogP contribution in [0.2, 0.25) is 0 Å². The molecule has 27 heavy (non-hydrogen) atoms. The zero-order chi connectivity index (χ0) is 19.8. The molecule has 0 aliphatic carbocycles. The van der Waals surface area contributed by atoms with Crippen LogP contribution in [0.15, 0.2) is 12.1 Å². The molecule has 2 fully saturated rings. The van der Waals surface area contributed by atoms with Gasteiger partial charge in [0.1, 0.15) is 18.0 Å². The quantitative estimate of drug-likeness (QED) is 0.762. The van der Waals surface area contributed by atoms with Gasteiger partial charge in [-0.3, -0.25) is 9.69 Å². The van der Waals surface area contributed by atoms with E-state index in [-0.39, 0.29) is 0 Å². The van der Waals surface area contributed by atoms with Crippen LogP contribution in [0.25, 0.3) is 0 Å². The van der Waals surface area contributed by atoms with Gasteiger partial charge in [0, 0.05) is 37.9 Å². The first kappa shape index (κ1) is 19.7. The first-order chi connectivity index (χ1) is 12.7. The number of hydrogen-bond donors (Lipinski definition) is 2. The summed E-state index contributed by atoms with van der Waals surface area (Å²) in [4.78, 5) is 15.7. The van der Waals surface area contributed by atoms with E-state index >= 15 is 0 Å². The second-order valence-electron chi connectivity index (χ2n) is 7.34. The van der Waals surface area contributed by atoms with Crippen LogP contribution in [0.1, 0.15) is 20.3 Å². The normalized spacial score (nSPS) is 20.4. The molecule has 0 aromatic heterocycles. The molecule has 10 heteroatoms. The van der Waals surface area contributed by atoms with E-state index in [2.05, 4.69) is 18.7 Å². The molecular weight excluding hydrogens is 375 g/mol. The number of benzene rings is 1. The first-order valence-corrected chi connectivity index (χ1v) is 10.4. The summed E-state index contributed by atoms with van der Waals surface area (Å²) in [6, 6.07) is 2.55. The van der Waals surface area contributed by atoms with Gasteiger partial charge in [0.15, 0.2) is 5.82 Å². The van der Waals surface area contributed by atoms with Crippen LogP contribution in [0.5, 0.6) is 5.75 Å². The highest BCUT2D eigenvalue weighted by molar-refractivity contribution is 7.92. The minimum absolute atomic E-state index is 0.494. The summed E-state index contributed by atoms with van der Waals surface area (Å²) in [7, 11) is -4.18. The molecule has 0 spiro atoms. The zero-order valence-electron chi connectivity index (χ0n) is 15.5. The molecule has 0 atom stereocenters. The number of rotatable bonds is 5. The molecule has 8 nitrogen and oxygen atoms in total. The lowest BCUT2D eigenvalue weighted by Gasteiger charge is -2.36. The van der Waals surface area contributed by atoms with E-state index in [9.17, 15) is 22.7 Å². The number of phenolic OH excluding ortho intramolecular Hbond substituents is 1. The van der Waals surface area contributed by atoms with Crippen molar-refractivity contribution in [1.82, 2.24) is 9.62 Å². The van der Waals surface area contributed by atoms with Crippen LogP contribution in [-0.4, -0.2) is 63.6 Å². The highest BCUT2D eigenvalue weighted by Crippen LogP contribution is 2.37. The lowest BCUT2D eigenvalue weighted by atomic mass is 10.1. The number of nitrogens with zero attached hydrogens (tertiary/aromatic N) is 3. The number of carbonyl (C=O) groups is 1. The summed E-state index contributed by atoms with van der Waals surface area (Å²) in [6.45, 7) is 7.92. The molecule has 0 bridgehead atoms. The van der Waals surface area contributed by atoms with Gasteiger partial charge in [-0.25, -0.2) is 13.4 Å². The Morgan fingerprint density at radius 3 is 2.41 bits per heavy atom. The Labute approximate surface area is 158 Å². The fourth-order valence-electron chi connectivity index (χ4n) is 3.32. The molecule has 3 rings (SSSR count). The Balaban J connectivity index is 1.74. The zero-order valence-corrected chi connectivity index (χ0v) is 16.3. The van der Waals surface area contributed by atoms with Crippen LogP contribution in [-0.2, 0) is 15.0 Å². The third-order valence-corrected chi connectivity index (χ3v) is 6.24. The Morgan fingerprint density at radius 2 is 1.89 bits per heavy atom. The van der Waals surface area contributed by atoms with E-state index in [1.54, 1.807) is 4.72 Å². The average molecular weight is 400 g/mol. The summed E-state index contributed by atoms with van der Waals surface area (Å²) >= 11 is 0. The molecular formula is C17H25FN4O4S. The summed E-state index contributed by atoms with van der Waals surface area (Å²) in [5.41, 5.74) is -0.0131. The van der Waals surface area contributed by atoms with Crippen molar-refractivity contribution in [3.05, 3.63) is 17.9 Å². The molecule has 1 aromatic carbocycles. The Kier molecular flexibility index (Phi) is 5.48. The minimum atomic E-state index is -4.18. The maximum atomic E-state index is 14.6. The van der Waals surface area contributed by atoms with Crippen LogP contribution in [0.4, 0.5) is 15.8 Å². The average Bonchev–Trinajstić information content (AvgIpc) is 2.85. The van der Waals surface area contributed by atoms with Crippen molar-refractivity contribution >= 4 is 27.5 Å². The maximum absolute atomic E-state index is 14.6. The fourth-order valence-corrected chi connectivity index (χ4v) is 4.49. The molecule has 0 unspecified atom stereocenters. The minimum Gasteiger partial charge on any atom is -0.506 e. The summed E-state index contributed by atoms with van der Waals surface area (Å²) in [6.07, 6.45) is 1.13. The summed E-state index contributed by atoms with van der Waals surface area (Å²) in [5.74, 6) is -1.51. The predicted octanol–water partition coefficient (Wildman–Crippen LogP) is 0.880. The van der Waals surface area contributed by atoms with Gasteiger partial charge >= 0.3 is 10.2 Å². The highest BCUT2D eigenvalue weighted by atomic mass is 32.2. The number of phenols is 1. The van der Waals surface area contributed by atoms with Crippen molar-refractivity contribution in [2.75, 3.05) is 48.5 Å². The van der Waals surface area contributed by atoms with Gasteiger partial charge in [-0.2, -0.15) is 8.42 Å². The first-order valence-electron chi connectivity index (χ1n) is 9.00. The van der Waals surface area contributed by atoms with Gasteiger partial charge < -0.3 is 10.0 Å². The topological polar surface area (TPSA) is 93.2 Å². The van der Waals surface area contributed by atoms with E-state index in [4.69, 9.17) is 0 Å². The Bertz CT molecular complexity index is 799. The van der Waals surface area contributed by atoms with Crippen molar-refractivity contribution in [2.24, 2.45) is 5.92 Å². The monoisotopic (exact) mass is 400 g/mol. The molecule has 2 heterocycles. The Hall–Kier alpha value is -2.07. The van der Waals surface area contributed by atoms with Crippen molar-refractivity contribution in [3.8, 4) is 5.75 Å². The van der Waals surface area contributed by atoms with Crippen LogP contribution < -0.4 is 13.9 Å². The van der Waals surface area contributed by atoms with E-state index < -0.39 is 39.9 Å². The van der Waals surface area contributed by atoms with Gasteiger partial charge in [-0.15, -0.1) is 0 Å². The summed E-state index contributed by atoms with van der Waals surface area (Å²) < 4.78 is 40.8. The number of aromatic hydroxyl groups is 1. The van der Waals surface area contributed by atoms with E-state index in [1.807, 2.05) is 4.90 Å². The number of amides is 1. The molecule has 0 radical (unpaired) electrons. The largest absolute Gasteiger partial charge is 0.506 e. The molecule has 2 N–H and O–H groups in total. The second-order valence-corrected chi connectivity index (χ2v) is 8.94. The van der Waals surface area contributed by atoms with Crippen molar-refractivity contribution < 1.29 is 22.7 Å². The van der Waals surface area contributed by atoms with Crippen molar-refractivity contribution in [2.45, 2.75) is 20.3 Å². The maximum Gasteiger partial charge on any atom is 0.326 e. The number of nitrogens with one attached hydrogen (secondary N) is 1. The van der Waals surface area contributed by atoms with Crippen LogP contribution in [0.3, 0.4) is 0 Å². The van der Waals surface area contributed by atoms with E-state index in [0.29, 0.717) is 29.0 Å². The fraction of sp³-hybridized carbons (Fsp3) is 0.588. The molecule has 150 valence electrons. The number of anilines is 2. The van der Waals surface area contributed by atoms with Gasteiger partial charge in [-0.1, -0.05) is 13.8 Å². The molecule has 2 aliphatic heterocycles. The number of carbonyl (C=O) groups excluding carboxylic acids is 1. The smallest absolute Gasteiger partial charge is 0.326 e. The molecule has 2 aliphatic rings. The number of halogens is 1. The van der Waals surface area contributed by atoms with Gasteiger partial charge in [0.25, 0.3) is 5.91 Å². The predicted molar refractivity (Wildman–Crippen MR) is 101 cm³/mol. The molecule has 0 saturated carbocycles. The molecule has 1 aromatic rings. The van der Waals surface area contributed by atoms with Gasteiger partial charge in [0.2, 0.25) is 0 Å². The summed E-state index contributed by atoms with van der Waals surface area (Å²) in [5, 5.41) is 10.3. The third kappa shape index (κ3) is 4.27. The van der Waals surface area contributed by atoms with Gasteiger partial charge in [-0.05, 0) is 24.9 Å².